The van der Waals surface area contributed by atoms with Crippen LogP contribution < -0.4 is 0 Å². The van der Waals surface area contributed by atoms with Crippen molar-refractivity contribution in [3.8, 4) is 11.1 Å². The monoisotopic (exact) mass is 362 g/mol. The summed E-state index contributed by atoms with van der Waals surface area (Å²) in [4.78, 5) is 6.17. The molecule has 1 atom stereocenters. The lowest BCUT2D eigenvalue weighted by Gasteiger charge is -2.28. The lowest BCUT2D eigenvalue weighted by atomic mass is 9.94. The van der Waals surface area contributed by atoms with Gasteiger partial charge in [0.2, 0.25) is 0 Å². The third-order valence-corrected chi connectivity index (χ3v) is 4.62. The summed E-state index contributed by atoms with van der Waals surface area (Å²) in [6, 6.07) is 7.87. The Hall–Kier alpha value is -1.89. The van der Waals surface area contributed by atoms with Gasteiger partial charge < -0.3 is 9.84 Å². The smallest absolute Gasteiger partial charge is 0.155 e. The molecule has 1 aromatic heterocycles. The van der Waals surface area contributed by atoms with Gasteiger partial charge in [0.25, 0.3) is 0 Å². The van der Waals surface area contributed by atoms with Crippen molar-refractivity contribution in [2.75, 3.05) is 32.8 Å². The van der Waals surface area contributed by atoms with Crippen molar-refractivity contribution in [3.63, 3.8) is 0 Å². The van der Waals surface area contributed by atoms with Crippen LogP contribution >= 0.6 is 0 Å². The Bertz CT molecular complexity index is 756. The van der Waals surface area contributed by atoms with Gasteiger partial charge in [-0.3, -0.25) is 9.88 Å². The summed E-state index contributed by atoms with van der Waals surface area (Å²) in [5.41, 5.74) is 0.276. The molecule has 0 saturated carbocycles. The zero-order chi connectivity index (χ0) is 18.7. The van der Waals surface area contributed by atoms with E-state index in [0.29, 0.717) is 37.4 Å². The van der Waals surface area contributed by atoms with Crippen molar-refractivity contribution >= 4 is 0 Å². The molecule has 1 aromatic carbocycles. The number of ether oxygens (including phenoxy) is 1. The zero-order valence-electron chi connectivity index (χ0n) is 15.1. The molecule has 6 heteroatoms. The molecule has 1 unspecified atom stereocenters. The van der Waals surface area contributed by atoms with Crippen molar-refractivity contribution in [1.29, 1.82) is 0 Å². The number of pyridine rings is 1. The van der Waals surface area contributed by atoms with Gasteiger partial charge in [0, 0.05) is 37.0 Å². The summed E-state index contributed by atoms with van der Waals surface area (Å²) < 4.78 is 34.9. The van der Waals surface area contributed by atoms with E-state index in [1.165, 1.54) is 12.3 Å². The zero-order valence-corrected chi connectivity index (χ0v) is 15.1. The Morgan fingerprint density at radius 2 is 1.96 bits per heavy atom. The molecule has 1 saturated heterocycles. The van der Waals surface area contributed by atoms with Gasteiger partial charge in [0.15, 0.2) is 6.17 Å². The standard InChI is InChI=1S/C20H24F2N2O2/c1-20(2,25)14-5-6-15(17(21)12-14)16-4-3-7-23-19(16)18(22)13-24-8-10-26-11-9-24/h3-7,12,18,25H,8-11,13H2,1-2H3. The number of halogens is 2. The fraction of sp³-hybridized carbons (Fsp3) is 0.450. The van der Waals surface area contributed by atoms with Crippen molar-refractivity contribution in [2.24, 2.45) is 0 Å². The van der Waals surface area contributed by atoms with Crippen LogP contribution in [0.5, 0.6) is 0 Å². The Morgan fingerprint density at radius 3 is 2.62 bits per heavy atom. The topological polar surface area (TPSA) is 45.6 Å². The van der Waals surface area contributed by atoms with E-state index in [-0.39, 0.29) is 17.8 Å². The third kappa shape index (κ3) is 4.26. The normalized spacial score (nSPS) is 17.3. The van der Waals surface area contributed by atoms with Crippen LogP contribution in [0.4, 0.5) is 8.78 Å². The largest absolute Gasteiger partial charge is 0.386 e. The third-order valence-electron chi connectivity index (χ3n) is 4.62. The Morgan fingerprint density at radius 1 is 1.23 bits per heavy atom. The molecule has 3 rings (SSSR count). The summed E-state index contributed by atoms with van der Waals surface area (Å²) in [5.74, 6) is -0.502. The average Bonchev–Trinajstić information content (AvgIpc) is 2.62. The molecule has 0 radical (unpaired) electrons. The van der Waals surface area contributed by atoms with E-state index in [4.69, 9.17) is 4.74 Å². The molecule has 1 aliphatic heterocycles. The van der Waals surface area contributed by atoms with Crippen LogP contribution in [0.2, 0.25) is 0 Å². The van der Waals surface area contributed by atoms with Gasteiger partial charge in [0.05, 0.1) is 24.5 Å². The van der Waals surface area contributed by atoms with Gasteiger partial charge in [0.1, 0.15) is 5.82 Å². The molecular formula is C20H24F2N2O2. The number of aromatic nitrogens is 1. The highest BCUT2D eigenvalue weighted by molar-refractivity contribution is 5.67. The number of benzene rings is 1. The van der Waals surface area contributed by atoms with Crippen molar-refractivity contribution in [1.82, 2.24) is 9.88 Å². The highest BCUT2D eigenvalue weighted by Crippen LogP contribution is 2.33. The van der Waals surface area contributed by atoms with Gasteiger partial charge in [-0.15, -0.1) is 0 Å². The number of hydrogen-bond acceptors (Lipinski definition) is 4. The van der Waals surface area contributed by atoms with Crippen LogP contribution in [0.1, 0.15) is 31.3 Å². The molecule has 2 aromatic rings. The fourth-order valence-electron chi connectivity index (χ4n) is 3.11. The molecule has 2 heterocycles. The van der Waals surface area contributed by atoms with Crippen molar-refractivity contribution < 1.29 is 18.6 Å². The quantitative estimate of drug-likeness (QED) is 0.885. The summed E-state index contributed by atoms with van der Waals surface area (Å²) in [6.07, 6.45) is 0.200. The molecule has 0 aliphatic carbocycles. The summed E-state index contributed by atoms with van der Waals surface area (Å²) in [7, 11) is 0. The first-order valence-corrected chi connectivity index (χ1v) is 8.78. The Kier molecular flexibility index (Phi) is 5.65. The van der Waals surface area contributed by atoms with Crippen LogP contribution in [-0.4, -0.2) is 47.8 Å². The Labute approximate surface area is 152 Å². The summed E-state index contributed by atoms with van der Waals surface area (Å²) >= 11 is 0. The highest BCUT2D eigenvalue weighted by Gasteiger charge is 2.24. The van der Waals surface area contributed by atoms with E-state index >= 15 is 0 Å². The molecule has 1 aliphatic rings. The fourth-order valence-corrected chi connectivity index (χ4v) is 3.11. The van der Waals surface area contributed by atoms with Crippen LogP contribution in [0.3, 0.4) is 0 Å². The van der Waals surface area contributed by atoms with E-state index < -0.39 is 17.6 Å². The summed E-state index contributed by atoms with van der Waals surface area (Å²) in [6.45, 7) is 5.93. The first-order chi connectivity index (χ1) is 12.4. The van der Waals surface area contributed by atoms with Crippen molar-refractivity contribution in [3.05, 3.63) is 53.6 Å². The van der Waals surface area contributed by atoms with Crippen LogP contribution in [0, 0.1) is 5.82 Å². The highest BCUT2D eigenvalue weighted by atomic mass is 19.1. The van der Waals surface area contributed by atoms with Crippen LogP contribution in [0.15, 0.2) is 36.5 Å². The molecule has 1 N–H and O–H groups in total. The predicted octanol–water partition coefficient (Wildman–Crippen LogP) is 3.46. The first kappa shape index (κ1) is 18.9. The van der Waals surface area contributed by atoms with Gasteiger partial charge >= 0.3 is 0 Å². The van der Waals surface area contributed by atoms with Gasteiger partial charge in [-0.05, 0) is 31.5 Å². The molecule has 0 spiro atoms. The molecule has 4 nitrogen and oxygen atoms in total. The molecule has 26 heavy (non-hydrogen) atoms. The average molecular weight is 362 g/mol. The molecule has 0 bridgehead atoms. The van der Waals surface area contributed by atoms with E-state index in [2.05, 4.69) is 4.98 Å². The lowest BCUT2D eigenvalue weighted by molar-refractivity contribution is 0.0266. The lowest BCUT2D eigenvalue weighted by Crippen LogP contribution is -2.38. The molecular weight excluding hydrogens is 338 g/mol. The maximum absolute atomic E-state index is 15.0. The number of aliphatic hydroxyl groups is 1. The van der Waals surface area contributed by atoms with Gasteiger partial charge in [-0.2, -0.15) is 0 Å². The number of hydrogen-bond donors (Lipinski definition) is 1. The van der Waals surface area contributed by atoms with Crippen LogP contribution in [-0.2, 0) is 10.3 Å². The predicted molar refractivity (Wildman–Crippen MR) is 96.0 cm³/mol. The minimum atomic E-state index is -1.32. The van der Waals surface area contributed by atoms with E-state index in [9.17, 15) is 13.9 Å². The molecule has 1 fully saturated rings. The molecule has 0 amide bonds. The maximum atomic E-state index is 15.0. The Balaban J connectivity index is 1.89. The second kappa shape index (κ2) is 7.78. The summed E-state index contributed by atoms with van der Waals surface area (Å²) in [5, 5.41) is 10.0. The number of alkyl halides is 1. The molecule has 140 valence electrons. The van der Waals surface area contributed by atoms with E-state index in [1.807, 2.05) is 4.90 Å². The number of nitrogens with zero attached hydrogens (tertiary/aromatic N) is 2. The second-order valence-corrected chi connectivity index (χ2v) is 7.07. The minimum absolute atomic E-state index is 0.205. The van der Waals surface area contributed by atoms with Crippen molar-refractivity contribution in [2.45, 2.75) is 25.6 Å². The van der Waals surface area contributed by atoms with Crippen LogP contribution in [0.25, 0.3) is 11.1 Å². The second-order valence-electron chi connectivity index (χ2n) is 7.07. The van der Waals surface area contributed by atoms with E-state index in [1.54, 1.807) is 38.1 Å². The van der Waals surface area contributed by atoms with Gasteiger partial charge in [-0.25, -0.2) is 8.78 Å². The first-order valence-electron chi connectivity index (χ1n) is 8.78. The SMILES string of the molecule is CC(C)(O)c1ccc(-c2cccnc2C(F)CN2CCOCC2)c(F)c1. The van der Waals surface area contributed by atoms with Gasteiger partial charge in [-0.1, -0.05) is 18.2 Å². The van der Waals surface area contributed by atoms with E-state index in [0.717, 1.165) is 0 Å². The number of rotatable bonds is 5. The number of morpholine rings is 1. The minimum Gasteiger partial charge on any atom is -0.386 e. The maximum Gasteiger partial charge on any atom is 0.155 e.